The number of hydrogen-bond acceptors (Lipinski definition) is 5. The van der Waals surface area contributed by atoms with E-state index in [1.165, 1.54) is 9.13 Å². The zero-order valence-electron chi connectivity index (χ0n) is 16.1. The van der Waals surface area contributed by atoms with Gasteiger partial charge < -0.3 is 5.11 Å². The topological polar surface area (TPSA) is 71.9 Å². The first kappa shape index (κ1) is 22.2. The number of azo groups is 1. The lowest BCUT2D eigenvalue weighted by Crippen LogP contribution is -2.23. The second-order valence-electron chi connectivity index (χ2n) is 6.51. The summed E-state index contributed by atoms with van der Waals surface area (Å²) in [5.74, 6) is -0.505. The Morgan fingerprint density at radius 3 is 2.06 bits per heavy atom. The molecule has 0 aliphatic heterocycles. The van der Waals surface area contributed by atoms with Crippen molar-refractivity contribution in [1.82, 2.24) is 9.13 Å². The fourth-order valence-electron chi connectivity index (χ4n) is 2.98. The second kappa shape index (κ2) is 9.26. The van der Waals surface area contributed by atoms with Gasteiger partial charge in [-0.3, -0.25) is 13.9 Å². The van der Waals surface area contributed by atoms with Crippen LogP contribution in [0, 0.1) is 4.77 Å². The molecule has 4 rings (SSSR count). The van der Waals surface area contributed by atoms with Gasteiger partial charge in [-0.05, 0) is 60.7 Å². The Labute approximate surface area is 202 Å². The zero-order valence-corrected chi connectivity index (χ0v) is 19.2. The number of halogens is 3. The molecular weight excluding hydrogens is 491 g/mol. The summed E-state index contributed by atoms with van der Waals surface area (Å²) < 4.78 is 2.46. The Bertz CT molecular complexity index is 1460. The van der Waals surface area contributed by atoms with Crippen molar-refractivity contribution in [3.05, 3.63) is 103 Å². The van der Waals surface area contributed by atoms with E-state index in [1.54, 1.807) is 72.8 Å². The maximum atomic E-state index is 13.3. The maximum Gasteiger partial charge on any atom is 0.290 e. The van der Waals surface area contributed by atoms with Crippen molar-refractivity contribution in [3.63, 3.8) is 0 Å². The van der Waals surface area contributed by atoms with Crippen molar-refractivity contribution in [2.24, 2.45) is 10.2 Å². The molecule has 0 bridgehead atoms. The molecule has 1 N–H and O–H groups in total. The van der Waals surface area contributed by atoms with E-state index in [-0.39, 0.29) is 10.5 Å². The van der Waals surface area contributed by atoms with Gasteiger partial charge in [0.2, 0.25) is 11.6 Å². The quantitative estimate of drug-likeness (QED) is 0.232. The third-order valence-corrected chi connectivity index (χ3v) is 5.76. The van der Waals surface area contributed by atoms with Crippen LogP contribution in [-0.2, 0) is 0 Å². The lowest BCUT2D eigenvalue weighted by atomic mass is 10.3. The summed E-state index contributed by atoms with van der Waals surface area (Å²) in [6.07, 6.45) is 0. The van der Waals surface area contributed by atoms with Gasteiger partial charge in [-0.15, -0.1) is 10.2 Å². The molecule has 0 aliphatic carbocycles. The van der Waals surface area contributed by atoms with Gasteiger partial charge in [0.25, 0.3) is 5.56 Å². The molecule has 0 saturated carbocycles. The average molecular weight is 504 g/mol. The highest BCUT2D eigenvalue weighted by Crippen LogP contribution is 2.33. The number of rotatable bonds is 4. The van der Waals surface area contributed by atoms with Crippen LogP contribution < -0.4 is 5.56 Å². The van der Waals surface area contributed by atoms with Gasteiger partial charge in [-0.2, -0.15) is 0 Å². The summed E-state index contributed by atoms with van der Waals surface area (Å²) in [6, 6.07) is 20.0. The number of benzene rings is 3. The van der Waals surface area contributed by atoms with Crippen LogP contribution in [0.25, 0.3) is 11.4 Å². The molecule has 6 nitrogen and oxygen atoms in total. The van der Waals surface area contributed by atoms with Gasteiger partial charge in [0, 0.05) is 5.02 Å². The Morgan fingerprint density at radius 2 is 1.41 bits per heavy atom. The Hall–Kier alpha value is -2.97. The highest BCUT2D eigenvalue weighted by molar-refractivity contribution is 7.71. The number of aromatic hydroxyl groups is 1. The summed E-state index contributed by atoms with van der Waals surface area (Å²) in [5.41, 5.74) is 0.119. The number of hydrogen-bond donors (Lipinski definition) is 1. The van der Waals surface area contributed by atoms with E-state index in [0.717, 1.165) is 0 Å². The van der Waals surface area contributed by atoms with Crippen molar-refractivity contribution < 1.29 is 5.11 Å². The molecule has 3 aromatic carbocycles. The van der Waals surface area contributed by atoms with Crippen LogP contribution in [0.1, 0.15) is 0 Å². The third kappa shape index (κ3) is 4.20. The van der Waals surface area contributed by atoms with Crippen LogP contribution in [-0.4, -0.2) is 14.2 Å². The molecule has 0 spiro atoms. The molecule has 10 heteroatoms. The average Bonchev–Trinajstić information content (AvgIpc) is 2.77. The summed E-state index contributed by atoms with van der Waals surface area (Å²) in [6.45, 7) is 0. The summed E-state index contributed by atoms with van der Waals surface area (Å²) in [5, 5.41) is 20.2. The third-order valence-electron chi connectivity index (χ3n) is 4.50. The van der Waals surface area contributed by atoms with Crippen LogP contribution in [0.4, 0.5) is 11.4 Å². The molecule has 1 heterocycles. The molecule has 0 amide bonds. The summed E-state index contributed by atoms with van der Waals surface area (Å²) in [7, 11) is 0. The van der Waals surface area contributed by atoms with E-state index in [4.69, 9.17) is 47.0 Å². The predicted molar refractivity (Wildman–Crippen MR) is 130 cm³/mol. The SMILES string of the molecule is O=c1c(N=Nc2ccccc2Cl)c(O)n(-c2ccccc2Cl)c(=S)n1-c1ccc(Cl)cc1. The van der Waals surface area contributed by atoms with E-state index >= 15 is 0 Å². The molecule has 0 radical (unpaired) electrons. The van der Waals surface area contributed by atoms with Crippen LogP contribution >= 0.6 is 47.0 Å². The molecule has 0 atom stereocenters. The van der Waals surface area contributed by atoms with Gasteiger partial charge in [0.05, 0.1) is 21.4 Å². The number of aromatic nitrogens is 2. The standard InChI is InChI=1S/C22H13Cl3N4O2S/c23-13-9-11-14(12-10-13)28-20(30)19(27-26-17-7-3-1-5-15(17)24)21(31)29(22(28)32)18-8-4-2-6-16(18)25/h1-12,31H. The lowest BCUT2D eigenvalue weighted by molar-refractivity contribution is 0.432. The normalized spacial score (nSPS) is 11.2. The zero-order chi connectivity index (χ0) is 22.8. The molecule has 0 unspecified atom stereocenters. The Morgan fingerprint density at radius 1 is 0.781 bits per heavy atom. The first-order chi connectivity index (χ1) is 15.4. The van der Waals surface area contributed by atoms with Crippen LogP contribution in [0.15, 0.2) is 87.8 Å². The highest BCUT2D eigenvalue weighted by Gasteiger charge is 2.20. The van der Waals surface area contributed by atoms with E-state index in [2.05, 4.69) is 10.2 Å². The highest BCUT2D eigenvalue weighted by atomic mass is 35.5. The van der Waals surface area contributed by atoms with E-state index in [0.29, 0.717) is 32.1 Å². The first-order valence-electron chi connectivity index (χ1n) is 9.16. The molecule has 160 valence electrons. The van der Waals surface area contributed by atoms with Gasteiger partial charge in [0.15, 0.2) is 4.77 Å². The fourth-order valence-corrected chi connectivity index (χ4v) is 3.87. The van der Waals surface area contributed by atoms with Crippen LogP contribution in [0.2, 0.25) is 15.1 Å². The van der Waals surface area contributed by atoms with Crippen molar-refractivity contribution in [2.75, 3.05) is 0 Å². The smallest absolute Gasteiger partial charge is 0.290 e. The predicted octanol–water partition coefficient (Wildman–Crippen LogP) is 7.44. The van der Waals surface area contributed by atoms with Gasteiger partial charge in [-0.1, -0.05) is 59.1 Å². The van der Waals surface area contributed by atoms with E-state index in [1.807, 2.05) is 0 Å². The summed E-state index contributed by atoms with van der Waals surface area (Å²) in [4.78, 5) is 13.3. The Kier molecular flexibility index (Phi) is 6.43. The minimum Gasteiger partial charge on any atom is -0.492 e. The number of para-hydroxylation sites is 1. The monoisotopic (exact) mass is 502 g/mol. The molecular formula is C22H13Cl3N4O2S. The minimum absolute atomic E-state index is 0.0142. The van der Waals surface area contributed by atoms with Crippen molar-refractivity contribution in [3.8, 4) is 17.3 Å². The lowest BCUT2D eigenvalue weighted by Gasteiger charge is -2.16. The first-order valence-corrected chi connectivity index (χ1v) is 10.7. The largest absolute Gasteiger partial charge is 0.492 e. The molecule has 32 heavy (non-hydrogen) atoms. The van der Waals surface area contributed by atoms with Crippen LogP contribution in [0.5, 0.6) is 5.88 Å². The summed E-state index contributed by atoms with van der Waals surface area (Å²) >= 11 is 24.0. The molecule has 0 fully saturated rings. The van der Waals surface area contributed by atoms with Crippen molar-refractivity contribution in [2.45, 2.75) is 0 Å². The minimum atomic E-state index is -0.672. The molecule has 0 aliphatic rings. The van der Waals surface area contributed by atoms with Gasteiger partial charge in [0.1, 0.15) is 5.69 Å². The van der Waals surface area contributed by atoms with Gasteiger partial charge >= 0.3 is 0 Å². The van der Waals surface area contributed by atoms with Crippen LogP contribution in [0.3, 0.4) is 0 Å². The number of nitrogens with zero attached hydrogens (tertiary/aromatic N) is 4. The molecule has 4 aromatic rings. The molecule has 1 aromatic heterocycles. The van der Waals surface area contributed by atoms with Gasteiger partial charge in [-0.25, -0.2) is 0 Å². The maximum absolute atomic E-state index is 13.3. The van der Waals surface area contributed by atoms with Crippen molar-refractivity contribution in [1.29, 1.82) is 0 Å². The Balaban J connectivity index is 2.04. The second-order valence-corrected chi connectivity index (χ2v) is 8.13. The molecule has 0 saturated heterocycles. The van der Waals surface area contributed by atoms with E-state index < -0.39 is 11.4 Å². The van der Waals surface area contributed by atoms with Crippen molar-refractivity contribution >= 4 is 58.4 Å². The van der Waals surface area contributed by atoms with E-state index in [9.17, 15) is 9.90 Å². The fraction of sp³-hybridized carbons (Fsp3) is 0.